The molecule has 82 valence electrons. The molecule has 0 saturated heterocycles. The molecule has 0 radical (unpaired) electrons. The van der Waals surface area contributed by atoms with Crippen LogP contribution in [0.25, 0.3) is 0 Å². The molecule has 0 aromatic heterocycles. The van der Waals surface area contributed by atoms with Crippen molar-refractivity contribution in [3.8, 4) is 0 Å². The molecule has 0 saturated carbocycles. The lowest BCUT2D eigenvalue weighted by molar-refractivity contribution is -0.385. The highest BCUT2D eigenvalue weighted by Gasteiger charge is 2.09. The Morgan fingerprint density at radius 2 is 2.20 bits per heavy atom. The number of aliphatic hydroxyl groups is 1. The third kappa shape index (κ3) is 3.97. The molecule has 0 aliphatic heterocycles. The minimum atomic E-state index is -0.420. The van der Waals surface area contributed by atoms with Gasteiger partial charge < -0.3 is 5.11 Å². The maximum absolute atomic E-state index is 10.6. The fourth-order valence-corrected chi connectivity index (χ4v) is 1.79. The Balaban J connectivity index is 2.84. The van der Waals surface area contributed by atoms with E-state index in [1.807, 2.05) is 6.07 Å². The van der Waals surface area contributed by atoms with Crippen molar-refractivity contribution in [2.45, 2.75) is 25.9 Å². The molecular weight excluding hydrogens is 262 g/mol. The summed E-state index contributed by atoms with van der Waals surface area (Å²) in [5.41, 5.74) is 0.932. The molecule has 15 heavy (non-hydrogen) atoms. The van der Waals surface area contributed by atoms with E-state index in [-0.39, 0.29) is 11.8 Å². The van der Waals surface area contributed by atoms with Crippen LogP contribution in [-0.4, -0.2) is 16.1 Å². The van der Waals surface area contributed by atoms with Gasteiger partial charge in [0.2, 0.25) is 0 Å². The monoisotopic (exact) mass is 273 g/mol. The van der Waals surface area contributed by atoms with Gasteiger partial charge in [-0.1, -0.05) is 15.9 Å². The van der Waals surface area contributed by atoms with Gasteiger partial charge in [-0.3, -0.25) is 10.1 Å². The van der Waals surface area contributed by atoms with Crippen LogP contribution in [0.1, 0.15) is 18.9 Å². The number of nitro groups is 1. The smallest absolute Gasteiger partial charge is 0.270 e. The van der Waals surface area contributed by atoms with Crippen molar-refractivity contribution in [3.05, 3.63) is 38.3 Å². The van der Waals surface area contributed by atoms with E-state index < -0.39 is 4.92 Å². The first-order valence-electron chi connectivity index (χ1n) is 4.61. The summed E-state index contributed by atoms with van der Waals surface area (Å²) < 4.78 is 0.692. The Labute approximate surface area is 96.2 Å². The van der Waals surface area contributed by atoms with Crippen LogP contribution < -0.4 is 0 Å². The second-order valence-corrected chi connectivity index (χ2v) is 4.38. The van der Waals surface area contributed by atoms with E-state index in [0.717, 1.165) is 5.56 Å². The SMILES string of the molecule is CC(O)CCc1cc(Br)cc([N+](=O)[O-])c1. The average Bonchev–Trinajstić information content (AvgIpc) is 2.13. The summed E-state index contributed by atoms with van der Waals surface area (Å²) in [5, 5.41) is 19.7. The highest BCUT2D eigenvalue weighted by molar-refractivity contribution is 9.10. The zero-order valence-electron chi connectivity index (χ0n) is 8.31. The van der Waals surface area contributed by atoms with Gasteiger partial charge in [0.25, 0.3) is 5.69 Å². The Kier molecular flexibility index (Phi) is 4.23. The Morgan fingerprint density at radius 3 is 2.73 bits per heavy atom. The summed E-state index contributed by atoms with van der Waals surface area (Å²) in [4.78, 5) is 10.2. The lowest BCUT2D eigenvalue weighted by atomic mass is 10.1. The lowest BCUT2D eigenvalue weighted by Crippen LogP contribution is -2.01. The standard InChI is InChI=1S/C10H12BrNO3/c1-7(13)2-3-8-4-9(11)6-10(5-8)12(14)15/h4-7,13H,2-3H2,1H3. The molecule has 0 fully saturated rings. The van der Waals surface area contributed by atoms with Crippen LogP contribution in [0, 0.1) is 10.1 Å². The zero-order valence-corrected chi connectivity index (χ0v) is 9.90. The topological polar surface area (TPSA) is 63.4 Å². The molecule has 0 amide bonds. The number of nitro benzene ring substituents is 1. The quantitative estimate of drug-likeness (QED) is 0.678. The summed E-state index contributed by atoms with van der Waals surface area (Å²) in [7, 11) is 0. The first-order valence-corrected chi connectivity index (χ1v) is 5.40. The number of hydrogen-bond acceptors (Lipinski definition) is 3. The van der Waals surface area contributed by atoms with Crippen LogP contribution in [0.4, 0.5) is 5.69 Å². The predicted octanol–water partition coefficient (Wildman–Crippen LogP) is 2.67. The summed E-state index contributed by atoms with van der Waals surface area (Å²) in [6.45, 7) is 1.70. The normalized spacial score (nSPS) is 12.5. The fraction of sp³-hybridized carbons (Fsp3) is 0.400. The third-order valence-corrected chi connectivity index (χ3v) is 2.46. The number of halogens is 1. The van der Waals surface area contributed by atoms with Gasteiger partial charge in [-0.2, -0.15) is 0 Å². The first-order chi connectivity index (χ1) is 6.99. The second kappa shape index (κ2) is 5.23. The van der Waals surface area contributed by atoms with Crippen molar-refractivity contribution in [1.82, 2.24) is 0 Å². The van der Waals surface area contributed by atoms with Gasteiger partial charge in [0.15, 0.2) is 0 Å². The summed E-state index contributed by atoms with van der Waals surface area (Å²) in [6, 6.07) is 4.83. The molecule has 0 bridgehead atoms. The number of aryl methyl sites for hydroxylation is 1. The minimum absolute atomic E-state index is 0.0740. The summed E-state index contributed by atoms with van der Waals surface area (Å²) >= 11 is 3.22. The van der Waals surface area contributed by atoms with Gasteiger partial charge >= 0.3 is 0 Å². The number of nitrogens with zero attached hydrogens (tertiary/aromatic N) is 1. The van der Waals surface area contributed by atoms with E-state index in [1.54, 1.807) is 6.92 Å². The lowest BCUT2D eigenvalue weighted by Gasteiger charge is -2.04. The Bertz CT molecular complexity index is 366. The third-order valence-electron chi connectivity index (χ3n) is 2.00. The van der Waals surface area contributed by atoms with Crippen molar-refractivity contribution in [2.24, 2.45) is 0 Å². The van der Waals surface area contributed by atoms with Gasteiger partial charge in [0.05, 0.1) is 11.0 Å². The zero-order chi connectivity index (χ0) is 11.4. The second-order valence-electron chi connectivity index (χ2n) is 3.46. The van der Waals surface area contributed by atoms with Crippen molar-refractivity contribution in [1.29, 1.82) is 0 Å². The molecule has 1 rings (SSSR count). The van der Waals surface area contributed by atoms with E-state index in [2.05, 4.69) is 15.9 Å². The van der Waals surface area contributed by atoms with E-state index in [4.69, 9.17) is 5.11 Å². The van der Waals surface area contributed by atoms with Crippen LogP contribution in [0.15, 0.2) is 22.7 Å². The predicted molar refractivity (Wildman–Crippen MR) is 60.8 cm³/mol. The number of aliphatic hydroxyl groups excluding tert-OH is 1. The summed E-state index contributed by atoms with van der Waals surface area (Å²) in [5.74, 6) is 0. The maximum atomic E-state index is 10.6. The molecule has 0 heterocycles. The van der Waals surface area contributed by atoms with E-state index in [9.17, 15) is 10.1 Å². The molecular formula is C10H12BrNO3. The van der Waals surface area contributed by atoms with E-state index in [0.29, 0.717) is 17.3 Å². The molecule has 1 aromatic rings. The number of hydrogen-bond donors (Lipinski definition) is 1. The molecule has 0 aliphatic rings. The van der Waals surface area contributed by atoms with Crippen LogP contribution in [0.5, 0.6) is 0 Å². The highest BCUT2D eigenvalue weighted by Crippen LogP contribution is 2.22. The van der Waals surface area contributed by atoms with Gasteiger partial charge in [0.1, 0.15) is 0 Å². The van der Waals surface area contributed by atoms with Gasteiger partial charge in [-0.25, -0.2) is 0 Å². The van der Waals surface area contributed by atoms with E-state index in [1.165, 1.54) is 12.1 Å². The van der Waals surface area contributed by atoms with Gasteiger partial charge in [0, 0.05) is 16.6 Å². The molecule has 0 spiro atoms. The van der Waals surface area contributed by atoms with Crippen molar-refractivity contribution in [3.63, 3.8) is 0 Å². The van der Waals surface area contributed by atoms with Crippen LogP contribution in [-0.2, 0) is 6.42 Å². The van der Waals surface area contributed by atoms with Crippen molar-refractivity contribution < 1.29 is 10.0 Å². The average molecular weight is 274 g/mol. The minimum Gasteiger partial charge on any atom is -0.393 e. The summed E-state index contributed by atoms with van der Waals surface area (Å²) in [6.07, 6.45) is 0.856. The first kappa shape index (κ1) is 12.1. The molecule has 1 atom stereocenters. The van der Waals surface area contributed by atoms with Crippen LogP contribution in [0.3, 0.4) is 0 Å². The Hall–Kier alpha value is -0.940. The molecule has 4 nitrogen and oxygen atoms in total. The van der Waals surface area contributed by atoms with Gasteiger partial charge in [-0.05, 0) is 31.4 Å². The van der Waals surface area contributed by atoms with Crippen molar-refractivity contribution >= 4 is 21.6 Å². The molecule has 1 aromatic carbocycles. The molecule has 1 N–H and O–H groups in total. The number of non-ortho nitro benzene ring substituents is 1. The highest BCUT2D eigenvalue weighted by atomic mass is 79.9. The fourth-order valence-electron chi connectivity index (χ4n) is 1.26. The maximum Gasteiger partial charge on any atom is 0.270 e. The van der Waals surface area contributed by atoms with Gasteiger partial charge in [-0.15, -0.1) is 0 Å². The number of benzene rings is 1. The van der Waals surface area contributed by atoms with Crippen LogP contribution in [0.2, 0.25) is 0 Å². The number of rotatable bonds is 4. The molecule has 5 heteroatoms. The Morgan fingerprint density at radius 1 is 1.53 bits per heavy atom. The largest absolute Gasteiger partial charge is 0.393 e. The van der Waals surface area contributed by atoms with E-state index >= 15 is 0 Å². The molecule has 1 unspecified atom stereocenters. The molecule has 0 aliphatic carbocycles. The van der Waals surface area contributed by atoms with Crippen LogP contribution >= 0.6 is 15.9 Å². The van der Waals surface area contributed by atoms with Crippen molar-refractivity contribution in [2.75, 3.05) is 0 Å².